The molecule has 0 saturated carbocycles. The minimum atomic E-state index is -0.680. The summed E-state index contributed by atoms with van der Waals surface area (Å²) in [6.07, 6.45) is 4.13. The lowest BCUT2D eigenvalue weighted by Crippen LogP contribution is -2.54. The molecule has 2 amide bonds. The molecule has 0 aromatic rings. The van der Waals surface area contributed by atoms with Crippen LogP contribution in [0, 0.1) is 11.8 Å². The summed E-state index contributed by atoms with van der Waals surface area (Å²) >= 11 is 0. The third kappa shape index (κ3) is 10.9. The summed E-state index contributed by atoms with van der Waals surface area (Å²) < 4.78 is 0. The van der Waals surface area contributed by atoms with Gasteiger partial charge in [0.25, 0.3) is 0 Å². The van der Waals surface area contributed by atoms with Gasteiger partial charge >= 0.3 is 0 Å². The van der Waals surface area contributed by atoms with Gasteiger partial charge in [0.05, 0.1) is 18.6 Å². The van der Waals surface area contributed by atoms with Crippen molar-refractivity contribution in [2.24, 2.45) is 17.6 Å². The van der Waals surface area contributed by atoms with Gasteiger partial charge in [-0.2, -0.15) is 0 Å². The third-order valence-electron chi connectivity index (χ3n) is 3.91. The third-order valence-corrected chi connectivity index (χ3v) is 3.91. The zero-order valence-electron chi connectivity index (χ0n) is 16.2. The maximum atomic E-state index is 12.5. The summed E-state index contributed by atoms with van der Waals surface area (Å²) in [6.45, 7) is 8.75. The second kappa shape index (κ2) is 12.8. The molecule has 0 heterocycles. The van der Waals surface area contributed by atoms with Crippen LogP contribution in [0.2, 0.25) is 0 Å². The van der Waals surface area contributed by atoms with Crippen molar-refractivity contribution in [2.75, 3.05) is 6.54 Å². The van der Waals surface area contributed by atoms with Crippen LogP contribution in [0.3, 0.4) is 0 Å². The van der Waals surface area contributed by atoms with Crippen molar-refractivity contribution >= 4 is 18.1 Å². The topological polar surface area (TPSA) is 129 Å². The Bertz CT molecular complexity index is 413. The molecule has 0 radical (unpaired) electrons. The maximum absolute atomic E-state index is 12.5. The molecular weight excluding hydrogens is 320 g/mol. The molecule has 0 aliphatic carbocycles. The summed E-state index contributed by atoms with van der Waals surface area (Å²) in [5.41, 5.74) is 9.66. The van der Waals surface area contributed by atoms with Crippen molar-refractivity contribution in [3.8, 4) is 0 Å². The van der Waals surface area contributed by atoms with Crippen LogP contribution in [0.4, 0.5) is 0 Å². The van der Waals surface area contributed by atoms with Gasteiger partial charge in [0.2, 0.25) is 11.8 Å². The standard InChI is InChI=1S/C18H36N4O3/c1-12(2)9-15(20)17(24)22-16(10-13(3)4)18(25)21-14(11-23)7-5-6-8-19/h11-16H,5-10,19-20H2,1-4H3,(H,21,25)(H,22,24)/p+1/t14-,15-,16-/m0/s1. The van der Waals surface area contributed by atoms with E-state index in [1.807, 2.05) is 27.7 Å². The van der Waals surface area contributed by atoms with E-state index in [-0.39, 0.29) is 17.7 Å². The Morgan fingerprint density at radius 2 is 1.60 bits per heavy atom. The minimum absolute atomic E-state index is 0.221. The van der Waals surface area contributed by atoms with Crippen molar-refractivity contribution in [2.45, 2.75) is 77.9 Å². The van der Waals surface area contributed by atoms with Gasteiger partial charge < -0.3 is 26.9 Å². The molecule has 25 heavy (non-hydrogen) atoms. The normalized spacial score (nSPS) is 14.9. The Kier molecular flexibility index (Phi) is 12.1. The van der Waals surface area contributed by atoms with Crippen LogP contribution in [0.25, 0.3) is 0 Å². The molecule has 0 saturated heterocycles. The zero-order chi connectivity index (χ0) is 19.4. The fraction of sp³-hybridized carbons (Fsp3) is 0.833. The first-order chi connectivity index (χ1) is 11.7. The molecule has 0 fully saturated rings. The monoisotopic (exact) mass is 357 g/mol. The highest BCUT2D eigenvalue weighted by molar-refractivity contribution is 5.90. The first-order valence-corrected chi connectivity index (χ1v) is 9.32. The van der Waals surface area contributed by atoms with E-state index >= 15 is 0 Å². The van der Waals surface area contributed by atoms with E-state index in [9.17, 15) is 14.4 Å². The highest BCUT2D eigenvalue weighted by Gasteiger charge is 2.26. The number of quaternary nitrogens is 1. The summed E-state index contributed by atoms with van der Waals surface area (Å²) in [5, 5.41) is 5.48. The van der Waals surface area contributed by atoms with Gasteiger partial charge in [-0.1, -0.05) is 27.7 Å². The Morgan fingerprint density at radius 1 is 1.00 bits per heavy atom. The van der Waals surface area contributed by atoms with Gasteiger partial charge in [-0.05, 0) is 43.9 Å². The fourth-order valence-corrected chi connectivity index (χ4v) is 2.60. The number of amides is 2. The van der Waals surface area contributed by atoms with E-state index < -0.39 is 18.1 Å². The summed E-state index contributed by atoms with van der Waals surface area (Å²) in [7, 11) is 0. The van der Waals surface area contributed by atoms with Crippen LogP contribution in [-0.2, 0) is 14.4 Å². The van der Waals surface area contributed by atoms with Crippen molar-refractivity contribution in [1.82, 2.24) is 10.6 Å². The van der Waals surface area contributed by atoms with Crippen LogP contribution in [0.1, 0.15) is 59.8 Å². The molecule has 0 aromatic heterocycles. The second-order valence-corrected chi connectivity index (χ2v) is 7.53. The van der Waals surface area contributed by atoms with E-state index in [1.165, 1.54) is 0 Å². The summed E-state index contributed by atoms with van der Waals surface area (Å²) in [4.78, 5) is 36.0. The molecule has 7 N–H and O–H groups in total. The molecule has 0 spiro atoms. The van der Waals surface area contributed by atoms with Crippen LogP contribution in [0.15, 0.2) is 0 Å². The molecule has 0 aliphatic heterocycles. The number of nitrogens with two attached hydrogens (primary N) is 1. The lowest BCUT2D eigenvalue weighted by atomic mass is 10.00. The average Bonchev–Trinajstić information content (AvgIpc) is 2.52. The van der Waals surface area contributed by atoms with Crippen LogP contribution in [0.5, 0.6) is 0 Å². The first-order valence-electron chi connectivity index (χ1n) is 9.32. The quantitative estimate of drug-likeness (QED) is 0.273. The number of hydrogen-bond donors (Lipinski definition) is 4. The first kappa shape index (κ1) is 23.5. The fourth-order valence-electron chi connectivity index (χ4n) is 2.60. The van der Waals surface area contributed by atoms with Gasteiger partial charge in [0.1, 0.15) is 12.3 Å². The number of nitrogens with one attached hydrogen (secondary N) is 2. The summed E-state index contributed by atoms with van der Waals surface area (Å²) in [6, 6.07) is -1.85. The molecule has 3 atom stereocenters. The smallest absolute Gasteiger partial charge is 0.243 e. The Labute approximate surface area is 151 Å². The minimum Gasteiger partial charge on any atom is -0.358 e. The Balaban J connectivity index is 4.79. The average molecular weight is 358 g/mol. The highest BCUT2D eigenvalue weighted by atomic mass is 16.2. The molecule has 0 aliphatic rings. The van der Waals surface area contributed by atoms with Crippen molar-refractivity contribution in [3.63, 3.8) is 0 Å². The van der Waals surface area contributed by atoms with E-state index in [0.29, 0.717) is 25.2 Å². The lowest BCUT2D eigenvalue weighted by molar-refractivity contribution is -0.368. The molecule has 0 bridgehead atoms. The Morgan fingerprint density at radius 3 is 2.08 bits per heavy atom. The number of rotatable bonds is 13. The molecular formula is C18H37N4O3+. The lowest BCUT2D eigenvalue weighted by Gasteiger charge is -2.24. The SMILES string of the molecule is CC(C)C[C@H](NC(=O)[C@@H](N)CC(C)C)C(=O)N[C@H](C=O)CCCC[NH3+]. The van der Waals surface area contributed by atoms with E-state index in [0.717, 1.165) is 25.7 Å². The molecule has 0 unspecified atom stereocenters. The van der Waals surface area contributed by atoms with Gasteiger partial charge in [-0.25, -0.2) is 0 Å². The summed E-state index contributed by atoms with van der Waals surface area (Å²) in [5.74, 6) is -0.136. The molecule has 7 heteroatoms. The number of unbranched alkanes of at least 4 members (excludes halogenated alkanes) is 1. The van der Waals surface area contributed by atoms with Crippen LogP contribution in [-0.4, -0.2) is 42.8 Å². The molecule has 0 rings (SSSR count). The predicted molar refractivity (Wildman–Crippen MR) is 98.4 cm³/mol. The maximum Gasteiger partial charge on any atom is 0.243 e. The van der Waals surface area contributed by atoms with Gasteiger partial charge in [0, 0.05) is 0 Å². The number of carbonyl (C=O) groups excluding carboxylic acids is 3. The predicted octanol–water partition coefficient (Wildman–Crippen LogP) is -0.0134. The van der Waals surface area contributed by atoms with E-state index in [1.54, 1.807) is 0 Å². The van der Waals surface area contributed by atoms with Crippen molar-refractivity contribution in [1.29, 1.82) is 0 Å². The van der Waals surface area contributed by atoms with Gasteiger partial charge in [-0.3, -0.25) is 9.59 Å². The zero-order valence-corrected chi connectivity index (χ0v) is 16.2. The number of aldehydes is 1. The Hall–Kier alpha value is -1.47. The van der Waals surface area contributed by atoms with E-state index in [2.05, 4.69) is 16.4 Å². The van der Waals surface area contributed by atoms with Crippen LogP contribution < -0.4 is 22.1 Å². The largest absolute Gasteiger partial charge is 0.358 e. The van der Waals surface area contributed by atoms with Crippen LogP contribution >= 0.6 is 0 Å². The number of hydrogen-bond acceptors (Lipinski definition) is 4. The molecule has 0 aromatic carbocycles. The van der Waals surface area contributed by atoms with Crippen molar-refractivity contribution < 1.29 is 20.1 Å². The highest BCUT2D eigenvalue weighted by Crippen LogP contribution is 2.08. The van der Waals surface area contributed by atoms with Gasteiger partial charge in [-0.15, -0.1) is 0 Å². The van der Waals surface area contributed by atoms with Gasteiger partial charge in [0.15, 0.2) is 0 Å². The van der Waals surface area contributed by atoms with E-state index in [4.69, 9.17) is 5.73 Å². The molecule has 146 valence electrons. The van der Waals surface area contributed by atoms with Crippen molar-refractivity contribution in [3.05, 3.63) is 0 Å². The second-order valence-electron chi connectivity index (χ2n) is 7.53. The number of carbonyl (C=O) groups is 3. The molecule has 7 nitrogen and oxygen atoms in total.